The SMILES string of the molecule is Cc1cc2cc(n1)-c1cnn(C)c1OCCCCCn1c(nc3cccc(NCCN(C)C(=O)OC(C)(C)C)c31)NC2=O. The molecule has 0 fully saturated rings. The van der Waals surface area contributed by atoms with Gasteiger partial charge in [0, 0.05) is 45.0 Å². The van der Waals surface area contributed by atoms with E-state index in [9.17, 15) is 9.59 Å². The highest BCUT2D eigenvalue weighted by Gasteiger charge is 2.22. The second kappa shape index (κ2) is 12.3. The molecule has 0 aliphatic carbocycles. The molecule has 1 aromatic carbocycles. The van der Waals surface area contributed by atoms with Gasteiger partial charge in [-0.1, -0.05) is 6.07 Å². The molecular weight excluding hydrogens is 548 g/mol. The quantitative estimate of drug-likeness (QED) is 0.332. The van der Waals surface area contributed by atoms with Crippen LogP contribution in [-0.2, 0) is 18.3 Å². The number of rotatable bonds is 4. The maximum absolute atomic E-state index is 13.6. The fraction of sp³-hybridized carbons (Fsp3) is 0.452. The van der Waals surface area contributed by atoms with Gasteiger partial charge in [0.05, 0.1) is 40.8 Å². The average Bonchev–Trinajstić information content (AvgIpc) is 3.48. The predicted octanol–water partition coefficient (Wildman–Crippen LogP) is 5.23. The molecule has 4 heterocycles. The van der Waals surface area contributed by atoms with Crippen LogP contribution >= 0.6 is 0 Å². The highest BCUT2D eigenvalue weighted by atomic mass is 16.6. The number of benzene rings is 1. The number of hydrogen-bond acceptors (Lipinski definition) is 8. The summed E-state index contributed by atoms with van der Waals surface area (Å²) in [6.45, 7) is 9.55. The van der Waals surface area contributed by atoms with Gasteiger partial charge >= 0.3 is 6.09 Å². The molecule has 2 N–H and O–H groups in total. The van der Waals surface area contributed by atoms with Gasteiger partial charge in [0.15, 0.2) is 0 Å². The highest BCUT2D eigenvalue weighted by Crippen LogP contribution is 2.31. The Bertz CT molecular complexity index is 1630. The van der Waals surface area contributed by atoms with Crippen molar-refractivity contribution in [3.05, 3.63) is 47.8 Å². The molecule has 0 spiro atoms. The van der Waals surface area contributed by atoms with Gasteiger partial charge in [0.25, 0.3) is 5.91 Å². The number of carbonyl (C=O) groups excluding carboxylic acids is 2. The first-order valence-electron chi connectivity index (χ1n) is 14.6. The summed E-state index contributed by atoms with van der Waals surface area (Å²) in [5.74, 6) is 0.827. The topological polar surface area (TPSA) is 128 Å². The number of nitrogens with one attached hydrogen (secondary N) is 2. The van der Waals surface area contributed by atoms with E-state index in [0.29, 0.717) is 55.0 Å². The normalized spacial score (nSPS) is 14.0. The second-order valence-electron chi connectivity index (χ2n) is 11.8. The van der Waals surface area contributed by atoms with E-state index in [2.05, 4.69) is 25.3 Å². The fourth-order valence-corrected chi connectivity index (χ4v) is 5.03. The van der Waals surface area contributed by atoms with Crippen molar-refractivity contribution in [3.8, 4) is 17.1 Å². The number of nitrogens with zero attached hydrogens (tertiary/aromatic N) is 6. The number of anilines is 2. The Morgan fingerprint density at radius 2 is 2.00 bits per heavy atom. The summed E-state index contributed by atoms with van der Waals surface area (Å²) in [6, 6.07) is 9.37. The van der Waals surface area contributed by atoms with Crippen LogP contribution in [0.15, 0.2) is 36.5 Å². The van der Waals surface area contributed by atoms with Crippen molar-refractivity contribution < 1.29 is 19.1 Å². The monoisotopic (exact) mass is 588 g/mol. The summed E-state index contributed by atoms with van der Waals surface area (Å²) in [4.78, 5) is 37.0. The smallest absolute Gasteiger partial charge is 0.410 e. The lowest BCUT2D eigenvalue weighted by Crippen LogP contribution is -2.36. The molecule has 0 radical (unpaired) electrons. The summed E-state index contributed by atoms with van der Waals surface area (Å²) in [6.07, 6.45) is 3.98. The summed E-state index contributed by atoms with van der Waals surface area (Å²) < 4.78 is 15.4. The van der Waals surface area contributed by atoms with Crippen molar-refractivity contribution in [1.29, 1.82) is 0 Å². The van der Waals surface area contributed by atoms with Gasteiger partial charge in [0.1, 0.15) is 5.60 Å². The van der Waals surface area contributed by atoms with Crippen molar-refractivity contribution in [2.24, 2.45) is 7.05 Å². The standard InChI is InChI=1S/C31H40N8O4/c1-20-17-21-18-25(34-20)22-19-33-38(6)28(22)42-16-9-7-8-14-39-26-23(11-10-12-24(26)35-29(39)36-27(21)40)32-13-15-37(5)30(41)43-31(2,3)4/h10-12,17-19,32H,7-9,13-16H2,1-6H3,(H,35,36,40). The number of hydrogen-bond donors (Lipinski definition) is 2. The minimum atomic E-state index is -0.556. The molecule has 2 amide bonds. The molecule has 0 saturated carbocycles. The molecule has 1 aliphatic rings. The van der Waals surface area contributed by atoms with Gasteiger partial charge in [-0.3, -0.25) is 15.1 Å². The third kappa shape index (κ3) is 6.90. The van der Waals surface area contributed by atoms with E-state index >= 15 is 0 Å². The van der Waals surface area contributed by atoms with E-state index in [0.717, 1.165) is 41.5 Å². The number of para-hydroxylation sites is 1. The van der Waals surface area contributed by atoms with Gasteiger partial charge in [0.2, 0.25) is 11.8 Å². The van der Waals surface area contributed by atoms with E-state index in [1.807, 2.05) is 52.9 Å². The molecule has 228 valence electrons. The minimum absolute atomic E-state index is 0.280. The summed E-state index contributed by atoms with van der Waals surface area (Å²) in [7, 11) is 3.55. The molecule has 12 heteroatoms. The lowest BCUT2D eigenvalue weighted by Gasteiger charge is -2.24. The first kappa shape index (κ1) is 29.9. The second-order valence-corrected chi connectivity index (χ2v) is 11.8. The average molecular weight is 589 g/mol. The van der Waals surface area contributed by atoms with E-state index in [1.54, 1.807) is 35.0 Å². The van der Waals surface area contributed by atoms with Crippen LogP contribution in [0, 0.1) is 6.92 Å². The first-order valence-corrected chi connectivity index (χ1v) is 14.6. The van der Waals surface area contributed by atoms with Gasteiger partial charge in [-0.2, -0.15) is 5.10 Å². The number of pyridine rings is 1. The zero-order valence-electron chi connectivity index (χ0n) is 25.7. The van der Waals surface area contributed by atoms with Crippen LogP contribution in [0.4, 0.5) is 16.4 Å². The molecule has 0 atom stereocenters. The molecule has 0 unspecified atom stereocenters. The van der Waals surface area contributed by atoms with Gasteiger partial charge in [-0.15, -0.1) is 0 Å². The predicted molar refractivity (Wildman–Crippen MR) is 166 cm³/mol. The molecule has 0 saturated heterocycles. The van der Waals surface area contributed by atoms with E-state index in [1.165, 1.54) is 0 Å². The summed E-state index contributed by atoms with van der Waals surface area (Å²) >= 11 is 0. The third-order valence-corrected chi connectivity index (χ3v) is 7.10. The molecule has 1 aliphatic heterocycles. The van der Waals surface area contributed by atoms with Crippen molar-refractivity contribution in [2.45, 2.75) is 59.1 Å². The lowest BCUT2D eigenvalue weighted by atomic mass is 10.1. The zero-order valence-corrected chi connectivity index (χ0v) is 25.7. The Hall–Kier alpha value is -4.61. The van der Waals surface area contributed by atoms with E-state index in [-0.39, 0.29) is 12.0 Å². The van der Waals surface area contributed by atoms with Crippen LogP contribution in [0.3, 0.4) is 0 Å². The molecule has 5 rings (SSSR count). The van der Waals surface area contributed by atoms with Crippen LogP contribution in [0.2, 0.25) is 0 Å². The number of ether oxygens (including phenoxy) is 2. The Kier molecular flexibility index (Phi) is 8.56. The molecule has 3 aromatic heterocycles. The van der Waals surface area contributed by atoms with Crippen LogP contribution < -0.4 is 15.4 Å². The number of aromatic nitrogens is 5. The zero-order chi connectivity index (χ0) is 30.7. The third-order valence-electron chi connectivity index (χ3n) is 7.10. The van der Waals surface area contributed by atoms with E-state index < -0.39 is 5.60 Å². The number of aryl methyl sites for hydroxylation is 3. The minimum Gasteiger partial charge on any atom is -0.477 e. The van der Waals surface area contributed by atoms with E-state index in [4.69, 9.17) is 14.5 Å². The Balaban J connectivity index is 1.43. The molecule has 2 bridgehead atoms. The van der Waals surface area contributed by atoms with Gasteiger partial charge in [-0.05, 0) is 71.2 Å². The maximum Gasteiger partial charge on any atom is 0.410 e. The van der Waals surface area contributed by atoms with Crippen LogP contribution in [0.5, 0.6) is 5.88 Å². The largest absolute Gasteiger partial charge is 0.477 e. The summed E-state index contributed by atoms with van der Waals surface area (Å²) in [5.41, 5.74) is 4.51. The van der Waals surface area contributed by atoms with Crippen molar-refractivity contribution >= 4 is 34.7 Å². The van der Waals surface area contributed by atoms with Gasteiger partial charge < -0.3 is 24.3 Å². The summed E-state index contributed by atoms with van der Waals surface area (Å²) in [5, 5.41) is 10.9. The lowest BCUT2D eigenvalue weighted by molar-refractivity contribution is 0.0305. The van der Waals surface area contributed by atoms with Crippen LogP contribution in [0.25, 0.3) is 22.3 Å². The Morgan fingerprint density at radius 1 is 1.19 bits per heavy atom. The molecule has 4 aromatic rings. The first-order chi connectivity index (χ1) is 20.5. The fourth-order valence-electron chi connectivity index (χ4n) is 5.03. The van der Waals surface area contributed by atoms with Crippen molar-refractivity contribution in [2.75, 3.05) is 37.4 Å². The number of imidazole rings is 1. The molecular formula is C31H40N8O4. The number of amides is 2. The Labute approximate surface area is 251 Å². The maximum atomic E-state index is 13.6. The molecule has 12 nitrogen and oxygen atoms in total. The number of carbonyl (C=O) groups is 2. The Morgan fingerprint density at radius 3 is 2.79 bits per heavy atom. The van der Waals surface area contributed by atoms with Crippen LogP contribution in [-0.4, -0.2) is 73.6 Å². The van der Waals surface area contributed by atoms with Crippen LogP contribution in [0.1, 0.15) is 56.1 Å². The molecule has 43 heavy (non-hydrogen) atoms. The van der Waals surface area contributed by atoms with Crippen molar-refractivity contribution in [3.63, 3.8) is 0 Å². The number of fused-ring (bicyclic) bond motifs is 7. The highest BCUT2D eigenvalue weighted by molar-refractivity contribution is 6.05. The van der Waals surface area contributed by atoms with Crippen molar-refractivity contribution in [1.82, 2.24) is 29.2 Å². The number of likely N-dealkylation sites (N-methyl/N-ethyl adjacent to an activating group) is 1. The van der Waals surface area contributed by atoms with Gasteiger partial charge in [-0.25, -0.2) is 14.5 Å².